The monoisotopic (exact) mass is 424 g/mol. The maximum absolute atomic E-state index is 14.4. The molecular weight excluding hydrogens is 391 g/mol. The molecule has 0 bridgehead atoms. The molecule has 1 aliphatic carbocycles. The predicted molar refractivity (Wildman–Crippen MR) is 124 cm³/mol. The SMILES string of the molecule is CN=C(NCC1CCN(c2ccccc2)C1)NC(C)c1ccc(OCC2CC2)c(F)c1. The normalized spacial score (nSPS) is 19.9. The number of rotatable bonds is 8. The van der Waals surface area contributed by atoms with Crippen molar-refractivity contribution in [1.82, 2.24) is 10.6 Å². The Morgan fingerprint density at radius 1 is 1.16 bits per heavy atom. The van der Waals surface area contributed by atoms with Gasteiger partial charge in [0.2, 0.25) is 0 Å². The summed E-state index contributed by atoms with van der Waals surface area (Å²) in [5.74, 6) is 1.94. The third-order valence-corrected chi connectivity index (χ3v) is 6.17. The van der Waals surface area contributed by atoms with Crippen LogP contribution in [-0.2, 0) is 0 Å². The molecule has 2 atom stereocenters. The van der Waals surface area contributed by atoms with Crippen molar-refractivity contribution >= 4 is 11.6 Å². The first kappa shape index (κ1) is 21.5. The van der Waals surface area contributed by atoms with E-state index in [0.29, 0.717) is 24.2 Å². The summed E-state index contributed by atoms with van der Waals surface area (Å²) in [4.78, 5) is 6.78. The number of nitrogens with zero attached hydrogens (tertiary/aromatic N) is 2. The standard InChI is InChI=1S/C25H33FN4O/c1-18(21-10-11-24(23(26)14-21)31-17-19-8-9-19)29-25(27-2)28-15-20-12-13-30(16-20)22-6-4-3-5-7-22/h3-7,10-11,14,18-20H,8-9,12-13,15-17H2,1-2H3,(H2,27,28,29). The van der Waals surface area contributed by atoms with Gasteiger partial charge >= 0.3 is 0 Å². The number of ether oxygens (including phenoxy) is 1. The number of anilines is 1. The molecule has 1 heterocycles. The third kappa shape index (κ3) is 5.90. The Balaban J connectivity index is 1.25. The van der Waals surface area contributed by atoms with Crippen molar-refractivity contribution in [3.8, 4) is 5.75 Å². The van der Waals surface area contributed by atoms with Crippen molar-refractivity contribution in [1.29, 1.82) is 0 Å². The molecule has 2 aliphatic rings. The molecule has 6 heteroatoms. The minimum atomic E-state index is -0.304. The summed E-state index contributed by atoms with van der Waals surface area (Å²) in [7, 11) is 1.77. The second-order valence-corrected chi connectivity index (χ2v) is 8.70. The number of aliphatic imine (C=N–C) groups is 1. The van der Waals surface area contributed by atoms with Gasteiger partial charge in [-0.1, -0.05) is 24.3 Å². The molecule has 2 fully saturated rings. The molecule has 1 saturated heterocycles. The zero-order valence-corrected chi connectivity index (χ0v) is 18.5. The second-order valence-electron chi connectivity index (χ2n) is 8.70. The fourth-order valence-corrected chi connectivity index (χ4v) is 3.99. The van der Waals surface area contributed by atoms with Crippen molar-refractivity contribution in [3.63, 3.8) is 0 Å². The molecule has 5 nitrogen and oxygen atoms in total. The zero-order valence-electron chi connectivity index (χ0n) is 18.5. The number of nitrogens with one attached hydrogen (secondary N) is 2. The number of guanidine groups is 1. The van der Waals surface area contributed by atoms with Gasteiger partial charge in [-0.3, -0.25) is 4.99 Å². The molecule has 4 rings (SSSR count). The Bertz CT molecular complexity index is 884. The Hall–Kier alpha value is -2.76. The van der Waals surface area contributed by atoms with E-state index in [9.17, 15) is 4.39 Å². The molecule has 0 amide bonds. The van der Waals surface area contributed by atoms with Gasteiger partial charge in [0.1, 0.15) is 0 Å². The van der Waals surface area contributed by atoms with Crippen LogP contribution in [0.1, 0.15) is 37.8 Å². The first-order valence-corrected chi connectivity index (χ1v) is 11.3. The molecule has 166 valence electrons. The third-order valence-electron chi connectivity index (χ3n) is 6.17. The number of benzene rings is 2. The minimum absolute atomic E-state index is 0.0671. The Kier molecular flexibility index (Phi) is 6.95. The Morgan fingerprint density at radius 2 is 1.97 bits per heavy atom. The summed E-state index contributed by atoms with van der Waals surface area (Å²) >= 11 is 0. The van der Waals surface area contributed by atoms with Crippen molar-refractivity contribution in [3.05, 3.63) is 59.9 Å². The Morgan fingerprint density at radius 3 is 2.68 bits per heavy atom. The average Bonchev–Trinajstić information content (AvgIpc) is 3.51. The van der Waals surface area contributed by atoms with E-state index < -0.39 is 0 Å². The lowest BCUT2D eigenvalue weighted by Crippen LogP contribution is -2.41. The van der Waals surface area contributed by atoms with Crippen LogP contribution in [-0.4, -0.2) is 39.2 Å². The van der Waals surface area contributed by atoms with Crippen LogP contribution >= 0.6 is 0 Å². The summed E-state index contributed by atoms with van der Waals surface area (Å²) < 4.78 is 20.0. The van der Waals surface area contributed by atoms with E-state index in [4.69, 9.17) is 4.74 Å². The van der Waals surface area contributed by atoms with Gasteiger partial charge in [-0.15, -0.1) is 0 Å². The van der Waals surface area contributed by atoms with Crippen molar-refractivity contribution in [2.24, 2.45) is 16.8 Å². The molecule has 0 aromatic heterocycles. The smallest absolute Gasteiger partial charge is 0.191 e. The van der Waals surface area contributed by atoms with Gasteiger partial charge in [0.25, 0.3) is 0 Å². The molecule has 2 unspecified atom stereocenters. The van der Waals surface area contributed by atoms with Crippen molar-refractivity contribution in [2.75, 3.05) is 38.2 Å². The van der Waals surface area contributed by atoms with E-state index in [1.54, 1.807) is 19.2 Å². The van der Waals surface area contributed by atoms with Gasteiger partial charge in [0, 0.05) is 32.4 Å². The summed E-state index contributed by atoms with van der Waals surface area (Å²) in [6.45, 7) is 5.60. The lowest BCUT2D eigenvalue weighted by molar-refractivity contribution is 0.285. The summed E-state index contributed by atoms with van der Waals surface area (Å²) in [5.41, 5.74) is 2.16. The molecule has 2 aromatic rings. The number of hydrogen-bond acceptors (Lipinski definition) is 3. The van der Waals surface area contributed by atoms with Crippen LogP contribution in [0.3, 0.4) is 0 Å². The fourth-order valence-electron chi connectivity index (χ4n) is 3.99. The Labute approximate surface area is 184 Å². The fraction of sp³-hybridized carbons (Fsp3) is 0.480. The molecule has 0 spiro atoms. The summed E-state index contributed by atoms with van der Waals surface area (Å²) in [6, 6.07) is 15.7. The van der Waals surface area contributed by atoms with Gasteiger partial charge in [-0.25, -0.2) is 4.39 Å². The van der Waals surface area contributed by atoms with Crippen LogP contribution in [0.25, 0.3) is 0 Å². The molecule has 31 heavy (non-hydrogen) atoms. The number of para-hydroxylation sites is 1. The van der Waals surface area contributed by atoms with Crippen LogP contribution in [0.5, 0.6) is 5.75 Å². The molecule has 2 N–H and O–H groups in total. The van der Waals surface area contributed by atoms with Crippen molar-refractivity contribution in [2.45, 2.75) is 32.2 Å². The van der Waals surface area contributed by atoms with E-state index in [1.165, 1.54) is 18.5 Å². The number of halogens is 1. The highest BCUT2D eigenvalue weighted by molar-refractivity contribution is 5.80. The second kappa shape index (κ2) is 10.0. The maximum Gasteiger partial charge on any atom is 0.191 e. The van der Waals surface area contributed by atoms with E-state index in [1.807, 2.05) is 13.0 Å². The van der Waals surface area contributed by atoms with Crippen LogP contribution in [0, 0.1) is 17.7 Å². The van der Waals surface area contributed by atoms with Crippen LogP contribution in [0.15, 0.2) is 53.5 Å². The van der Waals surface area contributed by atoms with E-state index in [-0.39, 0.29) is 11.9 Å². The van der Waals surface area contributed by atoms with Crippen LogP contribution in [0.2, 0.25) is 0 Å². The van der Waals surface area contributed by atoms with Crippen LogP contribution in [0.4, 0.5) is 10.1 Å². The maximum atomic E-state index is 14.4. The average molecular weight is 425 g/mol. The van der Waals surface area contributed by atoms with E-state index in [0.717, 1.165) is 37.6 Å². The lowest BCUT2D eigenvalue weighted by atomic mass is 10.1. The van der Waals surface area contributed by atoms with Gasteiger partial charge in [0.05, 0.1) is 12.6 Å². The first-order chi connectivity index (χ1) is 15.1. The van der Waals surface area contributed by atoms with E-state index >= 15 is 0 Å². The van der Waals surface area contributed by atoms with Gasteiger partial charge < -0.3 is 20.3 Å². The van der Waals surface area contributed by atoms with Crippen LogP contribution < -0.4 is 20.3 Å². The topological polar surface area (TPSA) is 48.9 Å². The predicted octanol–water partition coefficient (Wildman–Crippen LogP) is 4.37. The van der Waals surface area contributed by atoms with E-state index in [2.05, 4.69) is 50.9 Å². The zero-order chi connectivity index (χ0) is 21.6. The summed E-state index contributed by atoms with van der Waals surface area (Å²) in [5, 5.41) is 6.82. The quantitative estimate of drug-likeness (QED) is 0.488. The van der Waals surface area contributed by atoms with Gasteiger partial charge in [-0.05, 0) is 67.9 Å². The first-order valence-electron chi connectivity index (χ1n) is 11.3. The molecular formula is C25H33FN4O. The summed E-state index contributed by atoms with van der Waals surface area (Å²) in [6.07, 6.45) is 3.54. The molecule has 1 saturated carbocycles. The molecule has 0 radical (unpaired) electrons. The minimum Gasteiger partial charge on any atom is -0.490 e. The van der Waals surface area contributed by atoms with Gasteiger partial charge in [-0.2, -0.15) is 0 Å². The highest BCUT2D eigenvalue weighted by Crippen LogP contribution is 2.30. The van der Waals surface area contributed by atoms with Crippen molar-refractivity contribution < 1.29 is 9.13 Å². The highest BCUT2D eigenvalue weighted by atomic mass is 19.1. The molecule has 2 aromatic carbocycles. The highest BCUT2D eigenvalue weighted by Gasteiger charge is 2.24. The molecule has 1 aliphatic heterocycles. The largest absolute Gasteiger partial charge is 0.490 e. The van der Waals surface area contributed by atoms with Gasteiger partial charge in [0.15, 0.2) is 17.5 Å². The number of hydrogen-bond donors (Lipinski definition) is 2. The lowest BCUT2D eigenvalue weighted by Gasteiger charge is -2.21.